The minimum absolute atomic E-state index is 0.0834. The van der Waals surface area contributed by atoms with Crippen molar-refractivity contribution < 1.29 is 13.2 Å². The fourth-order valence-corrected chi connectivity index (χ4v) is 5.43. The first-order chi connectivity index (χ1) is 21.8. The quantitative estimate of drug-likeness (QED) is 0.223. The van der Waals surface area contributed by atoms with Crippen LogP contribution in [0.1, 0.15) is 67.6 Å². The maximum atomic E-state index is 14.0. The van der Waals surface area contributed by atoms with Gasteiger partial charge in [0.05, 0.1) is 40.3 Å². The summed E-state index contributed by atoms with van der Waals surface area (Å²) in [6.45, 7) is 8.55. The number of halogens is 3. The summed E-state index contributed by atoms with van der Waals surface area (Å²) >= 11 is 0. The van der Waals surface area contributed by atoms with Gasteiger partial charge in [0.1, 0.15) is 24.2 Å². The molecular weight excluding hydrogens is 597 g/mol. The van der Waals surface area contributed by atoms with Crippen molar-refractivity contribution in [1.29, 1.82) is 10.5 Å². The van der Waals surface area contributed by atoms with E-state index in [2.05, 4.69) is 74.4 Å². The Labute approximate surface area is 261 Å². The summed E-state index contributed by atoms with van der Waals surface area (Å²) in [5.41, 5.74) is 2.05. The van der Waals surface area contributed by atoms with E-state index in [-0.39, 0.29) is 29.5 Å². The van der Waals surface area contributed by atoms with Crippen molar-refractivity contribution in [2.24, 2.45) is 5.41 Å². The van der Waals surface area contributed by atoms with Gasteiger partial charge in [0.2, 0.25) is 0 Å². The molecule has 1 fully saturated rings. The van der Waals surface area contributed by atoms with Crippen LogP contribution >= 0.6 is 0 Å². The molecule has 12 nitrogen and oxygen atoms in total. The second-order valence-corrected chi connectivity index (χ2v) is 12.5. The number of pyridine rings is 1. The highest BCUT2D eigenvalue weighted by atomic mass is 19.4. The fraction of sp³-hybridized carbons (Fsp3) is 0.355. The van der Waals surface area contributed by atoms with Crippen LogP contribution in [0.5, 0.6) is 0 Å². The van der Waals surface area contributed by atoms with E-state index in [1.165, 1.54) is 23.4 Å². The van der Waals surface area contributed by atoms with Gasteiger partial charge in [-0.3, -0.25) is 4.98 Å². The number of nitrogens with one attached hydrogen (secondary N) is 2. The maximum Gasteiger partial charge on any atom is 0.413 e. The van der Waals surface area contributed by atoms with E-state index >= 15 is 0 Å². The minimum atomic E-state index is -4.49. The van der Waals surface area contributed by atoms with Crippen molar-refractivity contribution in [3.05, 3.63) is 77.0 Å². The van der Waals surface area contributed by atoms with Gasteiger partial charge >= 0.3 is 6.18 Å². The van der Waals surface area contributed by atoms with Gasteiger partial charge in [-0.05, 0) is 64.9 Å². The Bertz CT molecular complexity index is 2010. The van der Waals surface area contributed by atoms with Crippen LogP contribution < -0.4 is 10.6 Å². The predicted molar refractivity (Wildman–Crippen MR) is 162 cm³/mol. The lowest BCUT2D eigenvalue weighted by atomic mass is 9.95. The van der Waals surface area contributed by atoms with Crippen LogP contribution in [-0.2, 0) is 5.54 Å². The molecule has 2 N–H and O–H groups in total. The molecule has 1 aliphatic rings. The van der Waals surface area contributed by atoms with Crippen molar-refractivity contribution >= 4 is 22.3 Å². The Balaban J connectivity index is 1.50. The van der Waals surface area contributed by atoms with E-state index in [4.69, 9.17) is 0 Å². The first-order valence-electron chi connectivity index (χ1n) is 14.4. The van der Waals surface area contributed by atoms with Crippen LogP contribution in [0.4, 0.5) is 24.5 Å². The molecule has 1 aliphatic carbocycles. The number of fused-ring (bicyclic) bond motifs is 1. The molecule has 0 amide bonds. The summed E-state index contributed by atoms with van der Waals surface area (Å²) in [5, 5.41) is 46.9. The molecule has 0 aliphatic heterocycles. The first-order valence-corrected chi connectivity index (χ1v) is 14.4. The van der Waals surface area contributed by atoms with E-state index in [0.717, 1.165) is 10.2 Å². The highest BCUT2D eigenvalue weighted by Crippen LogP contribution is 2.55. The molecule has 2 aromatic carbocycles. The first kappa shape index (κ1) is 30.5. The third kappa shape index (κ3) is 5.45. The summed E-state index contributed by atoms with van der Waals surface area (Å²) in [5.74, 6) is 0. The molecule has 3 aromatic heterocycles. The van der Waals surface area contributed by atoms with Crippen LogP contribution in [0.2, 0.25) is 0 Å². The van der Waals surface area contributed by atoms with Crippen molar-refractivity contribution in [3.8, 4) is 17.8 Å². The highest BCUT2D eigenvalue weighted by molar-refractivity contribution is 5.99. The molecule has 0 spiro atoms. The molecule has 0 radical (unpaired) electrons. The number of tetrazole rings is 1. The maximum absolute atomic E-state index is 14.0. The lowest BCUT2D eigenvalue weighted by Crippen LogP contribution is -2.35. The standard InChI is InChI=1S/C31H29F3N12/c1-18-22(6-5-7-25(18)45-17-39-42-44-45)28(24-15-46(43-41-24)30(8-9-30)31(32,33)34)40-21-10-19(12-35)26-23(11-21)27(20(13-36)14-37-26)38-16-29(2,3)4/h5-7,10-11,14-15,17,28,40H,8-9,16H2,1-4H3,(H,37,38)/t28-/m0/s1. The molecule has 0 saturated heterocycles. The number of hydrogen-bond donors (Lipinski definition) is 2. The minimum Gasteiger partial charge on any atom is -0.383 e. The molecule has 46 heavy (non-hydrogen) atoms. The molecule has 15 heteroatoms. The SMILES string of the molecule is Cc1c([C@H](Nc2cc(C#N)c3ncc(C#N)c(NCC(C)(C)C)c3c2)c2cn(C3(C(F)(F)F)CC3)nn2)cccc1-n1cnnn1. The summed E-state index contributed by atoms with van der Waals surface area (Å²) in [6.07, 6.45) is -0.456. The summed E-state index contributed by atoms with van der Waals surface area (Å²) < 4.78 is 44.4. The fourth-order valence-electron chi connectivity index (χ4n) is 5.43. The Morgan fingerprint density at radius 1 is 1.07 bits per heavy atom. The summed E-state index contributed by atoms with van der Waals surface area (Å²) in [4.78, 5) is 4.41. The lowest BCUT2D eigenvalue weighted by Gasteiger charge is -2.23. The van der Waals surface area contributed by atoms with Gasteiger partial charge < -0.3 is 10.6 Å². The summed E-state index contributed by atoms with van der Waals surface area (Å²) in [7, 11) is 0. The van der Waals surface area contributed by atoms with Gasteiger partial charge in [0.15, 0.2) is 5.54 Å². The number of aromatic nitrogens is 8. The summed E-state index contributed by atoms with van der Waals surface area (Å²) in [6, 6.07) is 12.4. The van der Waals surface area contributed by atoms with Gasteiger partial charge in [-0.1, -0.05) is 38.1 Å². The monoisotopic (exact) mass is 626 g/mol. The smallest absolute Gasteiger partial charge is 0.383 e. The van der Waals surface area contributed by atoms with Crippen molar-refractivity contribution in [2.45, 2.75) is 58.3 Å². The van der Waals surface area contributed by atoms with E-state index in [0.29, 0.717) is 45.6 Å². The van der Waals surface area contributed by atoms with Gasteiger partial charge in [0, 0.05) is 23.8 Å². The van der Waals surface area contributed by atoms with Crippen molar-refractivity contribution in [1.82, 2.24) is 40.2 Å². The number of benzene rings is 2. The van der Waals surface area contributed by atoms with E-state index < -0.39 is 17.8 Å². The van der Waals surface area contributed by atoms with Gasteiger partial charge in [-0.15, -0.1) is 10.2 Å². The zero-order valence-electron chi connectivity index (χ0n) is 25.4. The average molecular weight is 627 g/mol. The number of alkyl halides is 3. The highest BCUT2D eigenvalue weighted by Gasteiger charge is 2.66. The third-order valence-electron chi connectivity index (χ3n) is 8.07. The number of nitrogens with zero attached hydrogens (tertiary/aromatic N) is 10. The Morgan fingerprint density at radius 2 is 1.83 bits per heavy atom. The van der Waals surface area contributed by atoms with Crippen LogP contribution in [0, 0.1) is 35.0 Å². The van der Waals surface area contributed by atoms with Gasteiger partial charge in [0.25, 0.3) is 0 Å². The van der Waals surface area contributed by atoms with Crippen LogP contribution in [0.3, 0.4) is 0 Å². The molecule has 6 rings (SSSR count). The zero-order chi connectivity index (χ0) is 32.9. The second kappa shape index (κ2) is 11.1. The Hall–Kier alpha value is -5.57. The predicted octanol–water partition coefficient (Wildman–Crippen LogP) is 5.56. The molecule has 0 unspecified atom stereocenters. The lowest BCUT2D eigenvalue weighted by molar-refractivity contribution is -0.182. The number of hydrogen-bond acceptors (Lipinski definition) is 10. The van der Waals surface area contributed by atoms with E-state index in [1.54, 1.807) is 18.2 Å². The van der Waals surface area contributed by atoms with Gasteiger partial charge in [-0.25, -0.2) is 9.36 Å². The molecular formula is C31H29F3N12. The molecule has 3 heterocycles. The molecule has 234 valence electrons. The van der Waals surface area contributed by atoms with Gasteiger partial charge in [-0.2, -0.15) is 23.7 Å². The normalized spacial score (nSPS) is 14.8. The molecule has 5 aromatic rings. The molecule has 1 atom stereocenters. The third-order valence-corrected chi connectivity index (χ3v) is 8.07. The van der Waals surface area contributed by atoms with E-state index in [9.17, 15) is 23.7 Å². The number of anilines is 2. The Kier molecular flexibility index (Phi) is 7.35. The zero-order valence-corrected chi connectivity index (χ0v) is 25.4. The van der Waals surface area contributed by atoms with Crippen LogP contribution in [-0.4, -0.2) is 52.9 Å². The average Bonchev–Trinajstić information content (AvgIpc) is 3.41. The van der Waals surface area contributed by atoms with E-state index in [1.807, 2.05) is 19.1 Å². The topological polar surface area (TPSA) is 159 Å². The Morgan fingerprint density at radius 3 is 2.46 bits per heavy atom. The van der Waals surface area contributed by atoms with Crippen molar-refractivity contribution in [3.63, 3.8) is 0 Å². The molecule has 1 saturated carbocycles. The number of nitriles is 2. The molecule has 0 bridgehead atoms. The van der Waals surface area contributed by atoms with Crippen LogP contribution in [0.25, 0.3) is 16.6 Å². The second-order valence-electron chi connectivity index (χ2n) is 12.5. The largest absolute Gasteiger partial charge is 0.413 e. The number of rotatable bonds is 8. The van der Waals surface area contributed by atoms with Crippen molar-refractivity contribution in [2.75, 3.05) is 17.2 Å². The van der Waals surface area contributed by atoms with Crippen LogP contribution in [0.15, 0.2) is 49.1 Å².